The number of rotatable bonds is 4. The second kappa shape index (κ2) is 8.03. The molecule has 0 radical (unpaired) electrons. The zero-order chi connectivity index (χ0) is 14.1. The molecule has 0 aliphatic carbocycles. The van der Waals surface area contributed by atoms with Gasteiger partial charge < -0.3 is 16.4 Å². The lowest BCUT2D eigenvalue weighted by Crippen LogP contribution is -2.08. The van der Waals surface area contributed by atoms with Crippen LogP contribution < -0.4 is 16.4 Å². The van der Waals surface area contributed by atoms with E-state index in [1.165, 1.54) is 6.33 Å². The Morgan fingerprint density at radius 2 is 1.74 bits per heavy atom. The maximum Gasteiger partial charge on any atom is 0.228 e. The summed E-state index contributed by atoms with van der Waals surface area (Å²) in [5, 5.41) is 12.0. The summed E-state index contributed by atoms with van der Waals surface area (Å²) in [6.45, 7) is 5.44. The fourth-order valence-corrected chi connectivity index (χ4v) is 1.20. The Morgan fingerprint density at radius 1 is 1.16 bits per heavy atom. The van der Waals surface area contributed by atoms with Crippen LogP contribution in [0.5, 0.6) is 0 Å². The van der Waals surface area contributed by atoms with Gasteiger partial charge in [-0.25, -0.2) is 10.1 Å². The van der Waals surface area contributed by atoms with E-state index in [9.17, 15) is 0 Å². The van der Waals surface area contributed by atoms with Crippen LogP contribution in [0.1, 0.15) is 13.8 Å². The molecule has 0 aliphatic rings. The molecular formula is C9H16ClN9. The first-order chi connectivity index (χ1) is 9.15. The van der Waals surface area contributed by atoms with Crippen molar-refractivity contribution in [2.75, 3.05) is 29.5 Å². The van der Waals surface area contributed by atoms with Crippen molar-refractivity contribution in [1.82, 2.24) is 30.1 Å². The number of nitrogens with one attached hydrogen (secondary N) is 3. The summed E-state index contributed by atoms with van der Waals surface area (Å²) in [5.74, 6) is 1.35. The van der Waals surface area contributed by atoms with Crippen LogP contribution in [-0.4, -0.2) is 43.2 Å². The third kappa shape index (κ3) is 5.82. The summed E-state index contributed by atoms with van der Waals surface area (Å²) in [6, 6.07) is 0. The Hall–Kier alpha value is -2.16. The highest BCUT2D eigenvalue weighted by Gasteiger charge is 2.01. The Kier molecular flexibility index (Phi) is 6.30. The molecular weight excluding hydrogens is 270 g/mol. The number of nitrogens with zero attached hydrogens (tertiary/aromatic N) is 5. The quantitative estimate of drug-likeness (QED) is 0.648. The second-order valence-corrected chi connectivity index (χ2v) is 3.52. The standard InChI is InChI=1S/C7H12ClN5.C2H4N4/c1-3-9-6-11-5(8)12-7(13-6)10-4-2;3-2-4-1-5-6-2/h3-4H2,1-2H3,(H2,9,10,11,12,13);1H,(H3,3,4,5,6). The average molecular weight is 286 g/mol. The topological polar surface area (TPSA) is 130 Å². The molecule has 0 spiro atoms. The van der Waals surface area contributed by atoms with Crippen molar-refractivity contribution in [3.8, 4) is 0 Å². The fourth-order valence-electron chi connectivity index (χ4n) is 1.04. The smallest absolute Gasteiger partial charge is 0.228 e. The molecule has 104 valence electrons. The van der Waals surface area contributed by atoms with Gasteiger partial charge in [-0.3, -0.25) is 0 Å². The van der Waals surface area contributed by atoms with Gasteiger partial charge in [0.1, 0.15) is 6.33 Å². The predicted molar refractivity (Wildman–Crippen MR) is 74.0 cm³/mol. The van der Waals surface area contributed by atoms with Crippen LogP contribution in [0.3, 0.4) is 0 Å². The van der Waals surface area contributed by atoms with Crippen molar-refractivity contribution in [1.29, 1.82) is 0 Å². The lowest BCUT2D eigenvalue weighted by atomic mass is 10.7. The summed E-state index contributed by atoms with van der Waals surface area (Å²) in [5.41, 5.74) is 5.05. The molecule has 5 N–H and O–H groups in total. The lowest BCUT2D eigenvalue weighted by Gasteiger charge is -2.04. The highest BCUT2D eigenvalue weighted by atomic mass is 35.5. The van der Waals surface area contributed by atoms with Gasteiger partial charge in [0.25, 0.3) is 0 Å². The highest BCUT2D eigenvalue weighted by Crippen LogP contribution is 2.08. The molecule has 0 atom stereocenters. The van der Waals surface area contributed by atoms with E-state index in [-0.39, 0.29) is 5.28 Å². The average Bonchev–Trinajstić information content (AvgIpc) is 2.81. The molecule has 9 nitrogen and oxygen atoms in total. The zero-order valence-electron chi connectivity index (χ0n) is 10.7. The van der Waals surface area contributed by atoms with E-state index >= 15 is 0 Å². The van der Waals surface area contributed by atoms with Crippen LogP contribution in [0.25, 0.3) is 0 Å². The maximum absolute atomic E-state index is 5.68. The molecule has 0 aliphatic heterocycles. The van der Waals surface area contributed by atoms with E-state index in [4.69, 9.17) is 17.3 Å². The Morgan fingerprint density at radius 3 is 2.05 bits per heavy atom. The molecule has 19 heavy (non-hydrogen) atoms. The fraction of sp³-hybridized carbons (Fsp3) is 0.444. The number of halogens is 1. The minimum Gasteiger partial charge on any atom is -0.368 e. The molecule has 10 heteroatoms. The number of nitrogen functional groups attached to an aromatic ring is 1. The van der Waals surface area contributed by atoms with Crippen molar-refractivity contribution in [2.24, 2.45) is 0 Å². The van der Waals surface area contributed by atoms with Gasteiger partial charge in [0, 0.05) is 13.1 Å². The van der Waals surface area contributed by atoms with Crippen molar-refractivity contribution in [2.45, 2.75) is 13.8 Å². The minimum atomic E-state index is 0.196. The normalized spacial score (nSPS) is 9.42. The van der Waals surface area contributed by atoms with E-state index < -0.39 is 0 Å². The third-order valence-corrected chi connectivity index (χ3v) is 1.88. The number of hydrogen-bond acceptors (Lipinski definition) is 8. The molecule has 2 heterocycles. The van der Waals surface area contributed by atoms with Gasteiger partial charge in [0.15, 0.2) is 0 Å². The van der Waals surface area contributed by atoms with Gasteiger partial charge in [0.2, 0.25) is 23.1 Å². The first-order valence-corrected chi connectivity index (χ1v) is 6.03. The number of aromatic nitrogens is 6. The predicted octanol–water partition coefficient (Wildman–Crippen LogP) is 0.775. The summed E-state index contributed by atoms with van der Waals surface area (Å²) in [6.07, 6.45) is 1.36. The zero-order valence-corrected chi connectivity index (χ0v) is 11.4. The summed E-state index contributed by atoms with van der Waals surface area (Å²) in [7, 11) is 0. The SMILES string of the molecule is CCNc1nc(Cl)nc(NCC)n1.Nc1ncn[nH]1. The molecule has 2 aromatic rings. The van der Waals surface area contributed by atoms with Crippen LogP contribution in [0, 0.1) is 0 Å². The van der Waals surface area contributed by atoms with E-state index in [1.54, 1.807) is 0 Å². The molecule has 0 amide bonds. The van der Waals surface area contributed by atoms with E-state index in [1.807, 2.05) is 13.8 Å². The van der Waals surface area contributed by atoms with Gasteiger partial charge in [-0.05, 0) is 25.4 Å². The first kappa shape index (κ1) is 14.9. The van der Waals surface area contributed by atoms with Gasteiger partial charge >= 0.3 is 0 Å². The highest BCUT2D eigenvalue weighted by molar-refractivity contribution is 6.28. The van der Waals surface area contributed by atoms with E-state index in [0.29, 0.717) is 17.8 Å². The van der Waals surface area contributed by atoms with E-state index in [0.717, 1.165) is 13.1 Å². The van der Waals surface area contributed by atoms with Gasteiger partial charge in [-0.15, -0.1) is 0 Å². The molecule has 0 saturated carbocycles. The molecule has 0 saturated heterocycles. The number of H-pyrrole nitrogens is 1. The second-order valence-electron chi connectivity index (χ2n) is 3.18. The molecule has 0 fully saturated rings. The summed E-state index contributed by atoms with van der Waals surface area (Å²) >= 11 is 5.68. The molecule has 2 aromatic heterocycles. The number of nitrogens with two attached hydrogens (primary N) is 1. The summed E-state index contributed by atoms with van der Waals surface area (Å²) in [4.78, 5) is 15.4. The Bertz CT molecular complexity index is 448. The molecule has 2 rings (SSSR count). The Balaban J connectivity index is 0.000000250. The van der Waals surface area contributed by atoms with E-state index in [2.05, 4.69) is 40.8 Å². The third-order valence-electron chi connectivity index (χ3n) is 1.71. The van der Waals surface area contributed by atoms with Crippen LogP contribution in [0.4, 0.5) is 17.8 Å². The van der Waals surface area contributed by atoms with Crippen molar-refractivity contribution in [3.05, 3.63) is 11.6 Å². The lowest BCUT2D eigenvalue weighted by molar-refractivity contribution is 0.999. The van der Waals surface area contributed by atoms with Crippen LogP contribution in [0.2, 0.25) is 5.28 Å². The molecule has 0 aromatic carbocycles. The Labute approximate surface area is 115 Å². The minimum absolute atomic E-state index is 0.196. The number of anilines is 3. The van der Waals surface area contributed by atoms with Gasteiger partial charge in [-0.2, -0.15) is 20.1 Å². The number of aromatic amines is 1. The van der Waals surface area contributed by atoms with Gasteiger partial charge in [0.05, 0.1) is 0 Å². The molecule has 0 unspecified atom stereocenters. The maximum atomic E-state index is 5.68. The van der Waals surface area contributed by atoms with Gasteiger partial charge in [-0.1, -0.05) is 0 Å². The van der Waals surface area contributed by atoms with Crippen molar-refractivity contribution < 1.29 is 0 Å². The number of hydrogen-bond donors (Lipinski definition) is 4. The van der Waals surface area contributed by atoms with Crippen molar-refractivity contribution in [3.63, 3.8) is 0 Å². The molecule has 0 bridgehead atoms. The van der Waals surface area contributed by atoms with Crippen LogP contribution >= 0.6 is 11.6 Å². The summed E-state index contributed by atoms with van der Waals surface area (Å²) < 4.78 is 0. The van der Waals surface area contributed by atoms with Crippen LogP contribution in [-0.2, 0) is 0 Å². The van der Waals surface area contributed by atoms with Crippen LogP contribution in [0.15, 0.2) is 6.33 Å². The largest absolute Gasteiger partial charge is 0.368 e. The monoisotopic (exact) mass is 285 g/mol. The van der Waals surface area contributed by atoms with Crippen molar-refractivity contribution >= 4 is 29.4 Å². The first-order valence-electron chi connectivity index (χ1n) is 5.65.